The van der Waals surface area contributed by atoms with E-state index in [9.17, 15) is 14.7 Å². The molecule has 0 aliphatic carbocycles. The smallest absolute Gasteiger partial charge is 0.326 e. The van der Waals surface area contributed by atoms with Crippen molar-refractivity contribution < 1.29 is 14.7 Å². The van der Waals surface area contributed by atoms with Crippen LogP contribution in [0.1, 0.15) is 48.5 Å². The van der Waals surface area contributed by atoms with E-state index in [4.69, 9.17) is 0 Å². The second-order valence-corrected chi connectivity index (χ2v) is 6.64. The van der Waals surface area contributed by atoms with Gasteiger partial charge in [-0.05, 0) is 26.7 Å². The number of nitrogens with one attached hydrogen (secondary N) is 1. The molecule has 2 atom stereocenters. The molecule has 2 unspecified atom stereocenters. The zero-order valence-corrected chi connectivity index (χ0v) is 13.2. The summed E-state index contributed by atoms with van der Waals surface area (Å²) in [6.45, 7) is 4.32. The van der Waals surface area contributed by atoms with Crippen molar-refractivity contribution in [1.82, 2.24) is 15.2 Å². The summed E-state index contributed by atoms with van der Waals surface area (Å²) >= 11 is 1.54. The molecule has 2 N–H and O–H groups in total. The van der Waals surface area contributed by atoms with Crippen molar-refractivity contribution in [3.63, 3.8) is 0 Å². The van der Waals surface area contributed by atoms with Gasteiger partial charge in [0, 0.05) is 17.6 Å². The Morgan fingerprint density at radius 3 is 2.86 bits per heavy atom. The van der Waals surface area contributed by atoms with Crippen LogP contribution in [-0.4, -0.2) is 39.6 Å². The van der Waals surface area contributed by atoms with Gasteiger partial charge in [-0.25, -0.2) is 14.6 Å². The molecule has 0 spiro atoms. The summed E-state index contributed by atoms with van der Waals surface area (Å²) in [5, 5.41) is 13.0. The summed E-state index contributed by atoms with van der Waals surface area (Å²) in [7, 11) is 0. The minimum Gasteiger partial charge on any atom is -0.480 e. The number of carboxylic acid groups (broad SMARTS) is 1. The number of nitrogens with zero attached hydrogens (tertiary/aromatic N) is 2. The van der Waals surface area contributed by atoms with Gasteiger partial charge in [-0.2, -0.15) is 0 Å². The number of likely N-dealkylation sites (tertiary alicyclic amines) is 1. The number of carboxylic acids is 1. The van der Waals surface area contributed by atoms with Crippen LogP contribution in [0, 0.1) is 6.92 Å². The number of aliphatic carboxylic acids is 1. The quantitative estimate of drug-likeness (QED) is 0.898. The van der Waals surface area contributed by atoms with E-state index in [1.54, 1.807) is 6.20 Å². The second kappa shape index (κ2) is 6.89. The van der Waals surface area contributed by atoms with Gasteiger partial charge in [0.25, 0.3) is 0 Å². The zero-order chi connectivity index (χ0) is 15.4. The Labute approximate surface area is 128 Å². The van der Waals surface area contributed by atoms with Gasteiger partial charge in [-0.1, -0.05) is 12.8 Å². The van der Waals surface area contributed by atoms with E-state index in [1.807, 2.05) is 13.8 Å². The van der Waals surface area contributed by atoms with Crippen LogP contribution in [0.3, 0.4) is 0 Å². The molecule has 116 valence electrons. The van der Waals surface area contributed by atoms with Crippen molar-refractivity contribution in [2.75, 3.05) is 6.54 Å². The number of urea groups is 1. The van der Waals surface area contributed by atoms with E-state index in [-0.39, 0.29) is 12.1 Å². The monoisotopic (exact) mass is 311 g/mol. The second-order valence-electron chi connectivity index (χ2n) is 5.38. The molecular formula is C14H21N3O3S. The van der Waals surface area contributed by atoms with Crippen LogP contribution >= 0.6 is 11.3 Å². The minimum absolute atomic E-state index is 0.214. The highest BCUT2D eigenvalue weighted by atomic mass is 32.1. The summed E-state index contributed by atoms with van der Waals surface area (Å²) in [5.74, 6) is -0.926. The van der Waals surface area contributed by atoms with Crippen LogP contribution < -0.4 is 5.32 Å². The van der Waals surface area contributed by atoms with Crippen LogP contribution in [0.2, 0.25) is 0 Å². The fourth-order valence-electron chi connectivity index (χ4n) is 2.51. The fraction of sp³-hybridized carbons (Fsp3) is 0.643. The first-order chi connectivity index (χ1) is 9.99. The maximum Gasteiger partial charge on any atom is 0.326 e. The number of thiazole rings is 1. The number of hydrogen-bond donors (Lipinski definition) is 2. The van der Waals surface area contributed by atoms with Gasteiger partial charge in [0.2, 0.25) is 0 Å². The van der Waals surface area contributed by atoms with Gasteiger partial charge in [0.1, 0.15) is 11.0 Å². The number of carbonyl (C=O) groups is 2. The van der Waals surface area contributed by atoms with Crippen molar-refractivity contribution in [2.45, 2.75) is 51.6 Å². The number of amides is 2. The van der Waals surface area contributed by atoms with Crippen molar-refractivity contribution in [3.8, 4) is 0 Å². The first-order valence-electron chi connectivity index (χ1n) is 7.21. The lowest BCUT2D eigenvalue weighted by molar-refractivity contribution is -0.142. The topological polar surface area (TPSA) is 82.5 Å². The lowest BCUT2D eigenvalue weighted by atomic mass is 10.1. The number of hydrogen-bond acceptors (Lipinski definition) is 4. The molecule has 6 nitrogen and oxygen atoms in total. The molecule has 2 amide bonds. The number of carbonyl (C=O) groups excluding carboxylic acids is 1. The Morgan fingerprint density at radius 1 is 1.48 bits per heavy atom. The van der Waals surface area contributed by atoms with Gasteiger partial charge in [-0.3, -0.25) is 0 Å². The van der Waals surface area contributed by atoms with Crippen molar-refractivity contribution in [1.29, 1.82) is 0 Å². The predicted octanol–water partition coefficient (Wildman–Crippen LogP) is 2.55. The summed E-state index contributed by atoms with van der Waals surface area (Å²) in [5.41, 5.74) is 0. The number of aryl methyl sites for hydroxylation is 1. The Hall–Kier alpha value is -1.63. The molecule has 1 aliphatic heterocycles. The minimum atomic E-state index is -0.926. The molecule has 1 aliphatic rings. The van der Waals surface area contributed by atoms with Crippen molar-refractivity contribution in [2.24, 2.45) is 0 Å². The lowest BCUT2D eigenvalue weighted by Crippen LogP contribution is -2.49. The fourth-order valence-corrected chi connectivity index (χ4v) is 3.29. The van der Waals surface area contributed by atoms with Crippen LogP contribution in [-0.2, 0) is 4.79 Å². The molecule has 1 saturated heterocycles. The third-order valence-corrected chi connectivity index (χ3v) is 4.74. The van der Waals surface area contributed by atoms with Gasteiger partial charge in [-0.15, -0.1) is 11.3 Å². The molecule has 2 heterocycles. The first-order valence-corrected chi connectivity index (χ1v) is 8.03. The molecule has 1 aromatic heterocycles. The standard InChI is InChI=1S/C14H21N3O3S/c1-9-8-15-12(21-9)10(2)16-14(20)17-7-5-3-4-6-11(17)13(18)19/h8,10-11H,3-7H2,1-2H3,(H,16,20)(H,18,19). The SMILES string of the molecule is Cc1cnc(C(C)NC(=O)N2CCCCCC2C(=O)O)s1. The maximum absolute atomic E-state index is 12.4. The molecule has 21 heavy (non-hydrogen) atoms. The average Bonchev–Trinajstić information content (AvgIpc) is 2.72. The molecule has 0 bridgehead atoms. The number of rotatable bonds is 3. The summed E-state index contributed by atoms with van der Waals surface area (Å²) in [6, 6.07) is -1.25. The summed E-state index contributed by atoms with van der Waals surface area (Å²) < 4.78 is 0. The summed E-state index contributed by atoms with van der Waals surface area (Å²) in [6.07, 6.45) is 4.96. The van der Waals surface area contributed by atoms with Crippen molar-refractivity contribution in [3.05, 3.63) is 16.1 Å². The third kappa shape index (κ3) is 3.93. The van der Waals surface area contributed by atoms with Gasteiger partial charge in [0.15, 0.2) is 0 Å². The highest BCUT2D eigenvalue weighted by Crippen LogP contribution is 2.21. The molecule has 7 heteroatoms. The van der Waals surface area contributed by atoms with Gasteiger partial charge in [0.05, 0.1) is 6.04 Å². The maximum atomic E-state index is 12.4. The molecule has 1 aromatic rings. The molecule has 2 rings (SSSR count). The predicted molar refractivity (Wildman–Crippen MR) is 80.4 cm³/mol. The Morgan fingerprint density at radius 2 is 2.24 bits per heavy atom. The normalized spacial score (nSPS) is 20.7. The van der Waals surface area contributed by atoms with Gasteiger partial charge >= 0.3 is 12.0 Å². The molecular weight excluding hydrogens is 290 g/mol. The van der Waals surface area contributed by atoms with Crippen LogP contribution in [0.15, 0.2) is 6.20 Å². The Balaban J connectivity index is 2.04. The molecule has 0 saturated carbocycles. The lowest BCUT2D eigenvalue weighted by Gasteiger charge is -2.28. The third-order valence-electron chi connectivity index (χ3n) is 3.65. The summed E-state index contributed by atoms with van der Waals surface area (Å²) in [4.78, 5) is 30.5. The highest BCUT2D eigenvalue weighted by molar-refractivity contribution is 7.11. The van der Waals surface area contributed by atoms with Crippen LogP contribution in [0.5, 0.6) is 0 Å². The molecule has 1 fully saturated rings. The zero-order valence-electron chi connectivity index (χ0n) is 12.3. The van der Waals surface area contributed by atoms with Crippen LogP contribution in [0.4, 0.5) is 4.79 Å². The van der Waals surface area contributed by atoms with E-state index in [0.717, 1.165) is 29.1 Å². The van der Waals surface area contributed by atoms with Crippen molar-refractivity contribution >= 4 is 23.3 Å². The molecule has 0 aromatic carbocycles. The largest absolute Gasteiger partial charge is 0.480 e. The average molecular weight is 311 g/mol. The van der Waals surface area contributed by atoms with E-state index in [1.165, 1.54) is 16.2 Å². The van der Waals surface area contributed by atoms with Crippen LogP contribution in [0.25, 0.3) is 0 Å². The Kier molecular flexibility index (Phi) is 5.17. The van der Waals surface area contributed by atoms with E-state index < -0.39 is 12.0 Å². The number of aromatic nitrogens is 1. The van der Waals surface area contributed by atoms with E-state index >= 15 is 0 Å². The van der Waals surface area contributed by atoms with E-state index in [2.05, 4.69) is 10.3 Å². The first kappa shape index (κ1) is 15.8. The highest BCUT2D eigenvalue weighted by Gasteiger charge is 2.31. The Bertz CT molecular complexity index is 517. The van der Waals surface area contributed by atoms with E-state index in [0.29, 0.717) is 13.0 Å². The van der Waals surface area contributed by atoms with Gasteiger partial charge < -0.3 is 15.3 Å². The molecule has 0 radical (unpaired) electrons.